The Bertz CT molecular complexity index is 1080. The number of carbonyl (C=O) groups is 2. The number of piperidine rings is 1. The number of nitrogens with one attached hydrogen (secondary N) is 1. The van der Waals surface area contributed by atoms with Crippen molar-refractivity contribution < 1.29 is 14.8 Å². The topological polar surface area (TPSA) is 89.0 Å². The van der Waals surface area contributed by atoms with Gasteiger partial charge in [-0.05, 0) is 82.4 Å². The van der Waals surface area contributed by atoms with Gasteiger partial charge in [0.1, 0.15) is 0 Å². The van der Waals surface area contributed by atoms with Gasteiger partial charge in [0, 0.05) is 61.4 Å². The van der Waals surface area contributed by atoms with Gasteiger partial charge in [-0.15, -0.1) is 0 Å². The lowest BCUT2D eigenvalue weighted by Crippen LogP contribution is -2.50. The molecular weight excluding hydrogens is 546 g/mol. The van der Waals surface area contributed by atoms with Crippen molar-refractivity contribution in [2.24, 2.45) is 5.92 Å². The third-order valence-electron chi connectivity index (χ3n) is 7.78. The lowest BCUT2D eigenvalue weighted by Gasteiger charge is -2.40. The smallest absolute Gasteiger partial charge is 0.340 e. The number of aryl methyl sites for hydroxylation is 2. The average Bonchev–Trinajstić information content (AvgIpc) is 3.05. The summed E-state index contributed by atoms with van der Waals surface area (Å²) < 4.78 is 0.988. The third kappa shape index (κ3) is 5.39. The quantitative estimate of drug-likeness (QED) is 0.426. The lowest BCUT2D eigenvalue weighted by molar-refractivity contribution is -0.134. The lowest BCUT2D eigenvalue weighted by atomic mass is 9.93. The summed E-state index contributed by atoms with van der Waals surface area (Å²) in [6.45, 7) is 4.07. The molecule has 3 heterocycles. The SMILES string of the molecule is O=C(CC1CCN(C(=O)NO)CC1)N1CCN(C2c3ccc(Cl)cc3CCc3cc(Br)cnc32)CC1. The molecule has 3 amide bonds. The van der Waals surface area contributed by atoms with Gasteiger partial charge >= 0.3 is 6.03 Å². The third-order valence-corrected chi connectivity index (χ3v) is 8.45. The molecule has 1 aliphatic carbocycles. The van der Waals surface area contributed by atoms with Gasteiger partial charge in [-0.3, -0.25) is 19.9 Å². The molecule has 1 unspecified atom stereocenters. The normalized spacial score (nSPS) is 20.9. The van der Waals surface area contributed by atoms with E-state index >= 15 is 0 Å². The van der Waals surface area contributed by atoms with E-state index < -0.39 is 6.03 Å². The number of hydrogen-bond donors (Lipinski definition) is 2. The molecule has 192 valence electrons. The van der Waals surface area contributed by atoms with Crippen molar-refractivity contribution in [1.29, 1.82) is 0 Å². The molecule has 3 aliphatic rings. The number of rotatable bonds is 3. The van der Waals surface area contributed by atoms with Crippen LogP contribution in [0.5, 0.6) is 0 Å². The number of halogens is 2. The molecule has 0 bridgehead atoms. The fourth-order valence-electron chi connectivity index (χ4n) is 5.80. The summed E-state index contributed by atoms with van der Waals surface area (Å²) in [6.07, 6.45) is 5.79. The summed E-state index contributed by atoms with van der Waals surface area (Å²) in [5.74, 6) is 0.460. The van der Waals surface area contributed by atoms with E-state index in [4.69, 9.17) is 21.8 Å². The zero-order valence-electron chi connectivity index (χ0n) is 20.1. The van der Waals surface area contributed by atoms with Crippen molar-refractivity contribution in [3.05, 3.63) is 62.3 Å². The van der Waals surface area contributed by atoms with Crippen molar-refractivity contribution in [3.63, 3.8) is 0 Å². The van der Waals surface area contributed by atoms with E-state index in [9.17, 15) is 9.59 Å². The number of aromatic nitrogens is 1. The number of piperazine rings is 1. The van der Waals surface area contributed by atoms with Crippen LogP contribution in [0.4, 0.5) is 4.79 Å². The molecular formula is C26H31BrClN5O3. The second-order valence-corrected chi connectivity index (χ2v) is 11.3. The van der Waals surface area contributed by atoms with Crippen LogP contribution in [0.1, 0.15) is 47.7 Å². The largest absolute Gasteiger partial charge is 0.341 e. The van der Waals surface area contributed by atoms with Crippen molar-refractivity contribution in [3.8, 4) is 0 Å². The molecule has 8 nitrogen and oxygen atoms in total. The maximum absolute atomic E-state index is 13.1. The highest BCUT2D eigenvalue weighted by Gasteiger charge is 2.34. The molecule has 0 spiro atoms. The van der Waals surface area contributed by atoms with Crippen LogP contribution in [-0.4, -0.2) is 76.1 Å². The fourth-order valence-corrected chi connectivity index (χ4v) is 6.37. The zero-order valence-corrected chi connectivity index (χ0v) is 22.5. The van der Waals surface area contributed by atoms with Gasteiger partial charge in [0.05, 0.1) is 11.7 Å². The summed E-state index contributed by atoms with van der Waals surface area (Å²) in [4.78, 5) is 35.6. The molecule has 2 N–H and O–H groups in total. The summed E-state index contributed by atoms with van der Waals surface area (Å²) in [7, 11) is 0. The molecule has 1 aromatic carbocycles. The van der Waals surface area contributed by atoms with E-state index in [-0.39, 0.29) is 17.9 Å². The second-order valence-electron chi connectivity index (χ2n) is 9.91. The summed E-state index contributed by atoms with van der Waals surface area (Å²) in [6, 6.07) is 7.94. The molecule has 5 rings (SSSR count). The Morgan fingerprint density at radius 3 is 2.47 bits per heavy atom. The first kappa shape index (κ1) is 25.4. The van der Waals surface area contributed by atoms with Gasteiger partial charge in [0.2, 0.25) is 5.91 Å². The number of hydrogen-bond acceptors (Lipinski definition) is 5. The first-order valence-corrected chi connectivity index (χ1v) is 13.7. The van der Waals surface area contributed by atoms with E-state index in [0.717, 1.165) is 54.0 Å². The van der Waals surface area contributed by atoms with Crippen LogP contribution in [0, 0.1) is 5.92 Å². The first-order chi connectivity index (χ1) is 17.4. The highest BCUT2D eigenvalue weighted by molar-refractivity contribution is 9.10. The van der Waals surface area contributed by atoms with Crippen LogP contribution in [-0.2, 0) is 17.6 Å². The molecule has 2 aromatic rings. The van der Waals surface area contributed by atoms with Gasteiger partial charge in [-0.25, -0.2) is 10.3 Å². The molecule has 36 heavy (non-hydrogen) atoms. The van der Waals surface area contributed by atoms with Crippen molar-refractivity contribution in [1.82, 2.24) is 25.2 Å². The molecule has 0 radical (unpaired) electrons. The van der Waals surface area contributed by atoms with E-state index in [1.165, 1.54) is 16.7 Å². The van der Waals surface area contributed by atoms with Crippen LogP contribution < -0.4 is 5.48 Å². The van der Waals surface area contributed by atoms with Gasteiger partial charge < -0.3 is 9.80 Å². The Morgan fingerprint density at radius 2 is 1.75 bits per heavy atom. The first-order valence-electron chi connectivity index (χ1n) is 12.6. The summed E-state index contributed by atoms with van der Waals surface area (Å²) >= 11 is 9.93. The predicted molar refractivity (Wildman–Crippen MR) is 140 cm³/mol. The minimum Gasteiger partial charge on any atom is -0.340 e. The Labute approximate surface area is 224 Å². The summed E-state index contributed by atoms with van der Waals surface area (Å²) in [5, 5.41) is 9.57. The highest BCUT2D eigenvalue weighted by Crippen LogP contribution is 2.38. The van der Waals surface area contributed by atoms with E-state index in [1.54, 1.807) is 10.4 Å². The molecule has 2 fully saturated rings. The van der Waals surface area contributed by atoms with Gasteiger partial charge in [0.15, 0.2) is 0 Å². The molecule has 0 saturated carbocycles. The van der Waals surface area contributed by atoms with Crippen LogP contribution in [0.15, 0.2) is 34.9 Å². The number of nitrogens with zero attached hydrogens (tertiary/aromatic N) is 4. The zero-order chi connectivity index (χ0) is 25.2. The van der Waals surface area contributed by atoms with Crippen LogP contribution in [0.3, 0.4) is 0 Å². The molecule has 10 heteroatoms. The highest BCUT2D eigenvalue weighted by atomic mass is 79.9. The van der Waals surface area contributed by atoms with Gasteiger partial charge in [-0.1, -0.05) is 17.7 Å². The average molecular weight is 577 g/mol. The number of fused-ring (bicyclic) bond motifs is 2. The van der Waals surface area contributed by atoms with Crippen molar-refractivity contribution in [2.75, 3.05) is 39.3 Å². The molecule has 2 saturated heterocycles. The van der Waals surface area contributed by atoms with Crippen molar-refractivity contribution >= 4 is 39.5 Å². The predicted octanol–water partition coefficient (Wildman–Crippen LogP) is 4.03. The number of carbonyl (C=O) groups excluding carboxylic acids is 2. The molecule has 1 atom stereocenters. The fraction of sp³-hybridized carbons (Fsp3) is 0.500. The molecule has 1 aromatic heterocycles. The maximum Gasteiger partial charge on any atom is 0.341 e. The number of benzene rings is 1. The minimum atomic E-state index is -0.471. The van der Waals surface area contributed by atoms with Crippen LogP contribution in [0.25, 0.3) is 0 Å². The summed E-state index contributed by atoms with van der Waals surface area (Å²) in [5.41, 5.74) is 6.56. The molecule has 2 aliphatic heterocycles. The Balaban J connectivity index is 1.25. The number of urea groups is 1. The van der Waals surface area contributed by atoms with Gasteiger partial charge in [-0.2, -0.15) is 0 Å². The monoisotopic (exact) mass is 575 g/mol. The Morgan fingerprint density at radius 1 is 1.03 bits per heavy atom. The number of pyridine rings is 1. The van der Waals surface area contributed by atoms with E-state index in [2.05, 4.69) is 39.0 Å². The number of likely N-dealkylation sites (tertiary alicyclic amines) is 1. The Kier molecular flexibility index (Phi) is 7.81. The van der Waals surface area contributed by atoms with E-state index in [0.29, 0.717) is 32.6 Å². The van der Waals surface area contributed by atoms with E-state index in [1.807, 2.05) is 17.2 Å². The van der Waals surface area contributed by atoms with Crippen molar-refractivity contribution in [2.45, 2.75) is 38.1 Å². The van der Waals surface area contributed by atoms with Crippen LogP contribution >= 0.6 is 27.5 Å². The van der Waals surface area contributed by atoms with Gasteiger partial charge in [0.25, 0.3) is 0 Å². The number of hydroxylamine groups is 1. The minimum absolute atomic E-state index is 0.0436. The maximum atomic E-state index is 13.1. The number of amides is 3. The van der Waals surface area contributed by atoms with Crippen LogP contribution in [0.2, 0.25) is 5.02 Å². The Hall–Kier alpha value is -2.20. The second kappa shape index (κ2) is 11.0. The standard InChI is InChI=1S/C26H31BrClN5O3/c27-20-14-19-2-1-18-15-21(28)3-4-22(18)25(24(19)29-16-20)32-11-9-31(10-12-32)23(34)13-17-5-7-33(8-6-17)26(35)30-36/h3-4,14-17,25,36H,1-2,5-13H2,(H,30,35).